The van der Waals surface area contributed by atoms with Crippen molar-refractivity contribution in [3.05, 3.63) is 27.8 Å². The number of hydrogen-bond acceptors (Lipinski definition) is 3. The van der Waals surface area contributed by atoms with E-state index in [1.165, 1.54) is 0 Å². The molecule has 3 rings (SSSR count). The summed E-state index contributed by atoms with van der Waals surface area (Å²) in [6.07, 6.45) is 4.68. The van der Waals surface area contributed by atoms with E-state index in [1.54, 1.807) is 4.90 Å². The van der Waals surface area contributed by atoms with Gasteiger partial charge in [-0.3, -0.25) is 9.59 Å². The van der Waals surface area contributed by atoms with Gasteiger partial charge in [0.2, 0.25) is 11.8 Å². The Hall–Kier alpha value is -1.42. The van der Waals surface area contributed by atoms with Crippen molar-refractivity contribution in [1.29, 1.82) is 0 Å². The first-order valence-corrected chi connectivity index (χ1v) is 10.9. The largest absolute Gasteiger partial charge is 0.351 e. The summed E-state index contributed by atoms with van der Waals surface area (Å²) in [6, 6.07) is 7.50. The number of carbonyl (C=O) groups excluding carboxylic acids is 2. The molecule has 1 aromatic rings. The van der Waals surface area contributed by atoms with Crippen molar-refractivity contribution in [1.82, 2.24) is 15.1 Å². The zero-order valence-corrected chi connectivity index (χ0v) is 18.2. The van der Waals surface area contributed by atoms with Gasteiger partial charge in [-0.1, -0.05) is 6.07 Å². The molecule has 2 N–H and O–H groups in total. The third-order valence-electron chi connectivity index (χ3n) is 4.95. The molecule has 2 amide bonds. The topological polar surface area (TPSA) is 64.7 Å². The molecule has 6 nitrogen and oxygen atoms in total. The lowest BCUT2D eigenvalue weighted by molar-refractivity contribution is -0.140. The molecule has 0 spiro atoms. The number of hydrogen-bond donors (Lipinski definition) is 2. The zero-order chi connectivity index (χ0) is 19.2. The van der Waals surface area contributed by atoms with E-state index >= 15 is 0 Å². The maximum atomic E-state index is 12.9. The van der Waals surface area contributed by atoms with Gasteiger partial charge in [-0.2, -0.15) is 0 Å². The van der Waals surface area contributed by atoms with Gasteiger partial charge in [-0.05, 0) is 85.1 Å². The Labute approximate surface area is 179 Å². The van der Waals surface area contributed by atoms with Crippen LogP contribution in [-0.2, 0) is 9.59 Å². The molecular weight excluding hydrogens is 475 g/mol. The van der Waals surface area contributed by atoms with Crippen LogP contribution in [0.2, 0.25) is 0 Å². The highest BCUT2D eigenvalue weighted by Crippen LogP contribution is 2.16. The van der Waals surface area contributed by atoms with Crippen LogP contribution in [0.15, 0.2) is 24.3 Å². The Kier molecular flexibility index (Phi) is 7.28. The highest BCUT2D eigenvalue weighted by Gasteiger charge is 2.30. The SMILES string of the molecule is O=C(CN1CCCCC(NC(=S)Nc2cccc(I)c2)C1=O)N1CCCC1. The van der Waals surface area contributed by atoms with Crippen LogP contribution in [0, 0.1) is 3.57 Å². The van der Waals surface area contributed by atoms with E-state index in [9.17, 15) is 9.59 Å². The summed E-state index contributed by atoms with van der Waals surface area (Å²) in [7, 11) is 0. The van der Waals surface area contributed by atoms with Gasteiger partial charge in [0.15, 0.2) is 5.11 Å². The predicted octanol–water partition coefficient (Wildman–Crippen LogP) is 2.58. The minimum absolute atomic E-state index is 0.0353. The molecule has 2 fully saturated rings. The summed E-state index contributed by atoms with van der Waals surface area (Å²) in [6.45, 7) is 2.43. The number of benzene rings is 1. The summed E-state index contributed by atoms with van der Waals surface area (Å²) >= 11 is 7.65. The number of nitrogens with one attached hydrogen (secondary N) is 2. The van der Waals surface area contributed by atoms with Gasteiger partial charge >= 0.3 is 0 Å². The van der Waals surface area contributed by atoms with Gasteiger partial charge in [0, 0.05) is 28.9 Å². The number of thiocarbonyl (C=S) groups is 1. The molecule has 1 aromatic carbocycles. The quantitative estimate of drug-likeness (QED) is 0.492. The van der Waals surface area contributed by atoms with Gasteiger partial charge in [0.25, 0.3) is 0 Å². The Balaban J connectivity index is 1.57. The second-order valence-corrected chi connectivity index (χ2v) is 8.66. The lowest BCUT2D eigenvalue weighted by Gasteiger charge is -2.27. The zero-order valence-electron chi connectivity index (χ0n) is 15.2. The lowest BCUT2D eigenvalue weighted by Crippen LogP contribution is -2.51. The van der Waals surface area contributed by atoms with E-state index in [4.69, 9.17) is 12.2 Å². The molecule has 2 saturated heterocycles. The highest BCUT2D eigenvalue weighted by atomic mass is 127. The van der Waals surface area contributed by atoms with Gasteiger partial charge in [0.1, 0.15) is 6.04 Å². The van der Waals surface area contributed by atoms with E-state index < -0.39 is 0 Å². The van der Waals surface area contributed by atoms with E-state index in [2.05, 4.69) is 33.2 Å². The minimum Gasteiger partial charge on any atom is -0.351 e. The van der Waals surface area contributed by atoms with Crippen molar-refractivity contribution in [3.8, 4) is 0 Å². The third-order valence-corrected chi connectivity index (χ3v) is 5.84. The fraction of sp³-hybridized carbons (Fsp3) is 0.526. The first-order valence-electron chi connectivity index (χ1n) is 9.42. The Bertz CT molecular complexity index is 709. The summed E-state index contributed by atoms with van der Waals surface area (Å²) in [5.74, 6) is 0.0212. The molecule has 2 aliphatic heterocycles. The minimum atomic E-state index is -0.387. The second-order valence-electron chi connectivity index (χ2n) is 7.00. The van der Waals surface area contributed by atoms with Crippen LogP contribution in [0.4, 0.5) is 5.69 Å². The molecule has 8 heteroatoms. The number of anilines is 1. The molecule has 146 valence electrons. The Morgan fingerprint density at radius 1 is 1.19 bits per heavy atom. The van der Waals surface area contributed by atoms with E-state index in [-0.39, 0.29) is 24.4 Å². The number of likely N-dealkylation sites (tertiary alicyclic amines) is 2. The van der Waals surface area contributed by atoms with E-state index in [0.29, 0.717) is 11.7 Å². The Morgan fingerprint density at radius 2 is 1.93 bits per heavy atom. The third kappa shape index (κ3) is 5.78. The number of rotatable bonds is 4. The Morgan fingerprint density at radius 3 is 2.67 bits per heavy atom. The van der Waals surface area contributed by atoms with Crippen LogP contribution >= 0.6 is 34.8 Å². The molecule has 27 heavy (non-hydrogen) atoms. The van der Waals surface area contributed by atoms with Gasteiger partial charge in [0.05, 0.1) is 6.54 Å². The van der Waals surface area contributed by atoms with Crippen molar-refractivity contribution >= 4 is 57.4 Å². The fourth-order valence-corrected chi connectivity index (χ4v) is 4.32. The molecule has 1 unspecified atom stereocenters. The molecule has 0 aromatic heterocycles. The summed E-state index contributed by atoms with van der Waals surface area (Å²) in [4.78, 5) is 28.9. The first-order chi connectivity index (χ1) is 13.0. The molecule has 1 atom stereocenters. The normalized spacial score (nSPS) is 20.3. The van der Waals surface area contributed by atoms with Crippen LogP contribution in [-0.4, -0.2) is 58.9 Å². The van der Waals surface area contributed by atoms with E-state index in [0.717, 1.165) is 54.5 Å². The molecule has 2 heterocycles. The fourth-order valence-electron chi connectivity index (χ4n) is 3.52. The maximum Gasteiger partial charge on any atom is 0.245 e. The summed E-state index contributed by atoms with van der Waals surface area (Å²) in [5.41, 5.74) is 0.890. The molecule has 0 saturated carbocycles. The van der Waals surface area contributed by atoms with E-state index in [1.807, 2.05) is 29.2 Å². The summed E-state index contributed by atoms with van der Waals surface area (Å²) < 4.78 is 1.11. The molecular formula is C19H25IN4O2S. The number of halogens is 1. The van der Waals surface area contributed by atoms with Gasteiger partial charge < -0.3 is 20.4 Å². The van der Waals surface area contributed by atoms with Crippen molar-refractivity contribution in [2.24, 2.45) is 0 Å². The van der Waals surface area contributed by atoms with Gasteiger partial charge in [-0.15, -0.1) is 0 Å². The maximum absolute atomic E-state index is 12.9. The van der Waals surface area contributed by atoms with Crippen LogP contribution < -0.4 is 10.6 Å². The number of nitrogens with zero attached hydrogens (tertiary/aromatic N) is 2. The monoisotopic (exact) mass is 500 g/mol. The molecule has 0 radical (unpaired) electrons. The van der Waals surface area contributed by atoms with Crippen molar-refractivity contribution in [2.45, 2.75) is 38.1 Å². The van der Waals surface area contributed by atoms with Crippen molar-refractivity contribution < 1.29 is 9.59 Å². The predicted molar refractivity (Wildman–Crippen MR) is 119 cm³/mol. The average molecular weight is 500 g/mol. The molecule has 0 bridgehead atoms. The smallest absolute Gasteiger partial charge is 0.245 e. The van der Waals surface area contributed by atoms with Crippen LogP contribution in [0.3, 0.4) is 0 Å². The lowest BCUT2D eigenvalue weighted by atomic mass is 10.1. The average Bonchev–Trinajstić information content (AvgIpc) is 3.12. The first kappa shape index (κ1) is 20.3. The standard InChI is InChI=1S/C19H25IN4O2S/c20-14-6-5-7-15(12-14)21-19(27)22-16-8-1-2-11-24(18(16)26)13-17(25)23-9-3-4-10-23/h5-7,12,16H,1-4,8-11,13H2,(H2,21,22,27). The summed E-state index contributed by atoms with van der Waals surface area (Å²) in [5, 5.41) is 6.73. The number of amides is 2. The van der Waals surface area contributed by atoms with Gasteiger partial charge in [-0.25, -0.2) is 0 Å². The molecule has 2 aliphatic rings. The van der Waals surface area contributed by atoms with Crippen molar-refractivity contribution in [3.63, 3.8) is 0 Å². The molecule has 0 aliphatic carbocycles. The van der Waals surface area contributed by atoms with Crippen LogP contribution in [0.5, 0.6) is 0 Å². The number of carbonyl (C=O) groups is 2. The van der Waals surface area contributed by atoms with Crippen LogP contribution in [0.1, 0.15) is 32.1 Å². The highest BCUT2D eigenvalue weighted by molar-refractivity contribution is 14.1. The second kappa shape index (κ2) is 9.68. The van der Waals surface area contributed by atoms with Crippen molar-refractivity contribution in [2.75, 3.05) is 31.5 Å². The van der Waals surface area contributed by atoms with Crippen LogP contribution in [0.25, 0.3) is 0 Å².